The Morgan fingerprint density at radius 2 is 1.76 bits per heavy atom. The van der Waals surface area contributed by atoms with Gasteiger partial charge in [0.2, 0.25) is 0 Å². The summed E-state index contributed by atoms with van der Waals surface area (Å²) in [5.74, 6) is 2.45. The first-order valence-electron chi connectivity index (χ1n) is 8.34. The summed E-state index contributed by atoms with van der Waals surface area (Å²) in [4.78, 5) is 0. The Morgan fingerprint density at radius 1 is 1.14 bits per heavy atom. The van der Waals surface area contributed by atoms with Crippen molar-refractivity contribution in [2.24, 2.45) is 11.8 Å². The number of rotatable bonds is 6. The molecule has 0 amide bonds. The third kappa shape index (κ3) is 4.47. The topological polar surface area (TPSA) is 29.5 Å². The van der Waals surface area contributed by atoms with Crippen molar-refractivity contribution in [2.75, 3.05) is 6.61 Å². The lowest BCUT2D eigenvalue weighted by atomic mass is 9.75. The predicted molar refractivity (Wildman–Crippen MR) is 87.8 cm³/mol. The second kappa shape index (κ2) is 6.83. The van der Waals surface area contributed by atoms with Gasteiger partial charge >= 0.3 is 0 Å². The third-order valence-corrected chi connectivity index (χ3v) is 4.29. The van der Waals surface area contributed by atoms with Crippen LogP contribution in [0.15, 0.2) is 24.3 Å². The van der Waals surface area contributed by atoms with Crippen LogP contribution in [0.1, 0.15) is 64.9 Å². The van der Waals surface area contributed by atoms with Gasteiger partial charge in [-0.25, -0.2) is 0 Å². The van der Waals surface area contributed by atoms with E-state index in [1.54, 1.807) is 0 Å². The fourth-order valence-corrected chi connectivity index (χ4v) is 3.86. The number of para-hydroxylation sites is 1. The lowest BCUT2D eigenvalue weighted by Gasteiger charge is -2.37. The molecule has 0 saturated heterocycles. The summed E-state index contributed by atoms with van der Waals surface area (Å²) in [5.41, 5.74) is 0.715. The second-order valence-electron chi connectivity index (χ2n) is 7.50. The van der Waals surface area contributed by atoms with E-state index < -0.39 is 5.60 Å². The smallest absolute Gasteiger partial charge is 0.122 e. The largest absolute Gasteiger partial charge is 0.493 e. The lowest BCUT2D eigenvalue weighted by Crippen LogP contribution is -2.35. The van der Waals surface area contributed by atoms with Crippen molar-refractivity contribution < 1.29 is 9.84 Å². The van der Waals surface area contributed by atoms with Crippen LogP contribution in [-0.4, -0.2) is 17.3 Å². The standard InChI is InChI=1S/C19H30O2/c1-14(2)11-19(20,12-15(3)4)13-16-9-10-21-18-8-6-5-7-17(16)18/h5-8,14-16,20H,9-13H2,1-4H3. The first kappa shape index (κ1) is 16.4. The maximum Gasteiger partial charge on any atom is 0.122 e. The van der Waals surface area contributed by atoms with Crippen LogP contribution in [-0.2, 0) is 0 Å². The number of hydrogen-bond donors (Lipinski definition) is 1. The van der Waals surface area contributed by atoms with E-state index in [9.17, 15) is 5.11 Å². The van der Waals surface area contributed by atoms with Crippen LogP contribution in [0.25, 0.3) is 0 Å². The molecule has 1 aromatic rings. The molecule has 0 bridgehead atoms. The molecule has 0 radical (unpaired) electrons. The highest BCUT2D eigenvalue weighted by Gasteiger charge is 2.34. The molecule has 0 spiro atoms. The minimum absolute atomic E-state index is 0.414. The fourth-order valence-electron chi connectivity index (χ4n) is 3.86. The SMILES string of the molecule is CC(C)CC(O)(CC(C)C)CC1CCOc2ccccc21. The Balaban J connectivity index is 2.17. The first-order chi connectivity index (χ1) is 9.89. The van der Waals surface area contributed by atoms with E-state index in [-0.39, 0.29) is 0 Å². The molecule has 2 rings (SSSR count). The summed E-state index contributed by atoms with van der Waals surface area (Å²) in [5, 5.41) is 11.2. The highest BCUT2D eigenvalue weighted by atomic mass is 16.5. The average Bonchev–Trinajstić information content (AvgIpc) is 2.36. The number of ether oxygens (including phenoxy) is 1. The zero-order chi connectivity index (χ0) is 15.5. The summed E-state index contributed by atoms with van der Waals surface area (Å²) < 4.78 is 5.75. The Morgan fingerprint density at radius 3 is 2.38 bits per heavy atom. The molecule has 21 heavy (non-hydrogen) atoms. The number of hydrogen-bond acceptors (Lipinski definition) is 2. The molecular weight excluding hydrogens is 260 g/mol. The monoisotopic (exact) mass is 290 g/mol. The van der Waals surface area contributed by atoms with Gasteiger partial charge < -0.3 is 9.84 Å². The molecule has 1 aliphatic heterocycles. The van der Waals surface area contributed by atoms with Crippen LogP contribution in [0.2, 0.25) is 0 Å². The van der Waals surface area contributed by atoms with Gasteiger partial charge in [-0.2, -0.15) is 0 Å². The Bertz CT molecular complexity index is 441. The molecule has 0 saturated carbocycles. The zero-order valence-corrected chi connectivity index (χ0v) is 13.9. The molecule has 0 aliphatic carbocycles. The van der Waals surface area contributed by atoms with Crippen molar-refractivity contribution in [3.05, 3.63) is 29.8 Å². The molecular formula is C19H30O2. The second-order valence-corrected chi connectivity index (χ2v) is 7.50. The van der Waals surface area contributed by atoms with E-state index in [2.05, 4.69) is 39.8 Å². The van der Waals surface area contributed by atoms with Crippen LogP contribution >= 0.6 is 0 Å². The quantitative estimate of drug-likeness (QED) is 0.818. The van der Waals surface area contributed by atoms with Crippen LogP contribution in [0.5, 0.6) is 5.75 Å². The Hall–Kier alpha value is -1.02. The van der Waals surface area contributed by atoms with Crippen molar-refractivity contribution in [3.63, 3.8) is 0 Å². The highest BCUT2D eigenvalue weighted by Crippen LogP contribution is 2.41. The minimum Gasteiger partial charge on any atom is -0.493 e. The third-order valence-electron chi connectivity index (χ3n) is 4.29. The van der Waals surface area contributed by atoms with Gasteiger partial charge in [0.05, 0.1) is 12.2 Å². The van der Waals surface area contributed by atoms with E-state index in [4.69, 9.17) is 4.74 Å². The maximum atomic E-state index is 11.2. The van der Waals surface area contributed by atoms with Crippen molar-refractivity contribution in [2.45, 2.75) is 64.9 Å². The summed E-state index contributed by atoms with van der Waals surface area (Å²) >= 11 is 0. The normalized spacial score (nSPS) is 18.7. The van der Waals surface area contributed by atoms with E-state index >= 15 is 0 Å². The van der Waals surface area contributed by atoms with Crippen LogP contribution in [0.3, 0.4) is 0 Å². The lowest BCUT2D eigenvalue weighted by molar-refractivity contribution is -0.0162. The molecule has 1 aliphatic rings. The van der Waals surface area contributed by atoms with Crippen molar-refractivity contribution in [3.8, 4) is 5.75 Å². The highest BCUT2D eigenvalue weighted by molar-refractivity contribution is 5.37. The number of aliphatic hydroxyl groups is 1. The van der Waals surface area contributed by atoms with E-state index in [0.717, 1.165) is 38.0 Å². The molecule has 1 atom stereocenters. The molecule has 0 fully saturated rings. The first-order valence-corrected chi connectivity index (χ1v) is 8.34. The van der Waals surface area contributed by atoms with Gasteiger partial charge in [-0.05, 0) is 55.1 Å². The fraction of sp³-hybridized carbons (Fsp3) is 0.684. The summed E-state index contributed by atoms with van der Waals surface area (Å²) in [6.45, 7) is 9.56. The van der Waals surface area contributed by atoms with Gasteiger partial charge in [0, 0.05) is 0 Å². The maximum absolute atomic E-state index is 11.2. The van der Waals surface area contributed by atoms with E-state index in [1.165, 1.54) is 5.56 Å². The molecule has 1 aromatic carbocycles. The molecule has 1 heterocycles. The predicted octanol–water partition coefficient (Wildman–Crippen LogP) is 4.77. The zero-order valence-electron chi connectivity index (χ0n) is 13.9. The molecule has 0 aromatic heterocycles. The molecule has 118 valence electrons. The van der Waals surface area contributed by atoms with Crippen LogP contribution in [0.4, 0.5) is 0 Å². The van der Waals surface area contributed by atoms with Gasteiger partial charge in [-0.3, -0.25) is 0 Å². The average molecular weight is 290 g/mol. The Kier molecular flexibility index (Phi) is 5.32. The van der Waals surface area contributed by atoms with Crippen molar-refractivity contribution >= 4 is 0 Å². The summed E-state index contributed by atoms with van der Waals surface area (Å²) in [6, 6.07) is 8.30. The molecule has 1 unspecified atom stereocenters. The van der Waals surface area contributed by atoms with Crippen molar-refractivity contribution in [1.82, 2.24) is 0 Å². The van der Waals surface area contributed by atoms with Gasteiger partial charge in [0.25, 0.3) is 0 Å². The number of fused-ring (bicyclic) bond motifs is 1. The summed E-state index contributed by atoms with van der Waals surface area (Å²) in [6.07, 6.45) is 3.62. The summed E-state index contributed by atoms with van der Waals surface area (Å²) in [7, 11) is 0. The molecule has 2 heteroatoms. The van der Waals surface area contributed by atoms with Crippen LogP contribution < -0.4 is 4.74 Å². The van der Waals surface area contributed by atoms with Crippen molar-refractivity contribution in [1.29, 1.82) is 0 Å². The van der Waals surface area contributed by atoms with Crippen LogP contribution in [0, 0.1) is 11.8 Å². The van der Waals surface area contributed by atoms with Gasteiger partial charge in [-0.1, -0.05) is 45.9 Å². The molecule has 1 N–H and O–H groups in total. The van der Waals surface area contributed by atoms with Gasteiger partial charge in [0.15, 0.2) is 0 Å². The van der Waals surface area contributed by atoms with E-state index in [1.807, 2.05) is 12.1 Å². The molecule has 2 nitrogen and oxygen atoms in total. The van der Waals surface area contributed by atoms with Gasteiger partial charge in [-0.15, -0.1) is 0 Å². The number of benzene rings is 1. The minimum atomic E-state index is -0.558. The van der Waals surface area contributed by atoms with E-state index in [0.29, 0.717) is 17.8 Å². The van der Waals surface area contributed by atoms with Gasteiger partial charge in [0.1, 0.15) is 5.75 Å². The Labute approximate surface area is 129 Å².